The second kappa shape index (κ2) is 7.95. The third kappa shape index (κ3) is 3.67. The molecule has 1 N–H and O–H groups in total. The van der Waals surface area contributed by atoms with E-state index in [-0.39, 0.29) is 17.7 Å². The molecule has 0 aliphatic heterocycles. The Labute approximate surface area is 152 Å². The van der Waals surface area contributed by atoms with Crippen molar-refractivity contribution in [3.8, 4) is 11.1 Å². The number of amides is 1. The van der Waals surface area contributed by atoms with Crippen LogP contribution in [0.1, 0.15) is 52.0 Å². The summed E-state index contributed by atoms with van der Waals surface area (Å²) in [6, 6.07) is 12.7. The lowest BCUT2D eigenvalue weighted by atomic mass is 10.0. The number of methoxy groups -OCH3 is 1. The van der Waals surface area contributed by atoms with Gasteiger partial charge < -0.3 is 10.1 Å². The maximum absolute atomic E-state index is 12.5. The summed E-state index contributed by atoms with van der Waals surface area (Å²) in [5, 5.41) is 2.86. The highest BCUT2D eigenvalue weighted by molar-refractivity contribution is 6.22. The van der Waals surface area contributed by atoms with Crippen LogP contribution < -0.4 is 5.32 Å². The molecule has 134 valence electrons. The summed E-state index contributed by atoms with van der Waals surface area (Å²) in [5.41, 5.74) is 3.55. The summed E-state index contributed by atoms with van der Waals surface area (Å²) < 4.78 is 4.59. The van der Waals surface area contributed by atoms with E-state index in [1.165, 1.54) is 7.11 Å². The number of carbonyl (C=O) groups is 3. The molecular weight excluding hydrogens is 330 g/mol. The smallest absolute Gasteiger partial charge is 0.305 e. The number of ether oxygens (including phenoxy) is 1. The first-order valence-electron chi connectivity index (χ1n) is 8.75. The average Bonchev–Trinajstić information content (AvgIpc) is 2.96. The van der Waals surface area contributed by atoms with Gasteiger partial charge in [-0.05, 0) is 36.1 Å². The van der Waals surface area contributed by atoms with Crippen LogP contribution in [0.3, 0.4) is 0 Å². The second-order valence-corrected chi connectivity index (χ2v) is 6.28. The van der Waals surface area contributed by atoms with E-state index in [0.717, 1.165) is 30.4 Å². The molecular formula is C21H21NO4. The Morgan fingerprint density at radius 2 is 1.65 bits per heavy atom. The lowest BCUT2D eigenvalue weighted by molar-refractivity contribution is -0.140. The van der Waals surface area contributed by atoms with Crippen LogP contribution in [0.4, 0.5) is 0 Å². The number of hydrogen-bond acceptors (Lipinski definition) is 4. The first-order chi connectivity index (χ1) is 12.6. The molecule has 0 bridgehead atoms. The number of esters is 1. The van der Waals surface area contributed by atoms with Gasteiger partial charge in [-0.15, -0.1) is 0 Å². The van der Waals surface area contributed by atoms with Gasteiger partial charge in [-0.2, -0.15) is 0 Å². The first kappa shape index (κ1) is 17.9. The summed E-state index contributed by atoms with van der Waals surface area (Å²) in [6.45, 7) is 0.533. The van der Waals surface area contributed by atoms with Gasteiger partial charge in [0.15, 0.2) is 5.78 Å². The van der Waals surface area contributed by atoms with Crippen LogP contribution in [-0.4, -0.2) is 31.3 Å². The number of rotatable bonds is 7. The zero-order valence-corrected chi connectivity index (χ0v) is 14.7. The molecule has 26 heavy (non-hydrogen) atoms. The molecule has 2 aromatic rings. The van der Waals surface area contributed by atoms with E-state index < -0.39 is 0 Å². The van der Waals surface area contributed by atoms with Crippen LogP contribution >= 0.6 is 0 Å². The predicted molar refractivity (Wildman–Crippen MR) is 98.1 cm³/mol. The zero-order chi connectivity index (χ0) is 18.5. The molecule has 0 saturated carbocycles. The normalized spacial score (nSPS) is 11.7. The molecule has 2 aromatic carbocycles. The van der Waals surface area contributed by atoms with Gasteiger partial charge >= 0.3 is 5.97 Å². The molecule has 0 radical (unpaired) electrons. The lowest BCUT2D eigenvalue weighted by Gasteiger charge is -2.07. The van der Waals surface area contributed by atoms with Gasteiger partial charge in [0.1, 0.15) is 0 Å². The van der Waals surface area contributed by atoms with Gasteiger partial charge in [0.2, 0.25) is 0 Å². The van der Waals surface area contributed by atoms with Crippen LogP contribution in [0.15, 0.2) is 42.5 Å². The first-order valence-corrected chi connectivity index (χ1v) is 8.75. The van der Waals surface area contributed by atoms with Gasteiger partial charge in [0.25, 0.3) is 5.91 Å². The van der Waals surface area contributed by atoms with Gasteiger partial charge in [0, 0.05) is 29.7 Å². The van der Waals surface area contributed by atoms with E-state index in [9.17, 15) is 14.4 Å². The Bertz CT molecular complexity index is 857. The van der Waals surface area contributed by atoms with Crippen LogP contribution in [0, 0.1) is 0 Å². The van der Waals surface area contributed by atoms with Crippen LogP contribution in [-0.2, 0) is 9.53 Å². The zero-order valence-electron chi connectivity index (χ0n) is 14.7. The molecule has 0 heterocycles. The highest BCUT2D eigenvalue weighted by Gasteiger charge is 2.26. The Morgan fingerprint density at radius 1 is 0.923 bits per heavy atom. The minimum atomic E-state index is -0.210. The summed E-state index contributed by atoms with van der Waals surface area (Å²) in [6.07, 6.45) is 2.78. The fraction of sp³-hybridized carbons (Fsp3) is 0.286. The average molecular weight is 351 g/mol. The molecule has 5 heteroatoms. The Morgan fingerprint density at radius 3 is 2.42 bits per heavy atom. The van der Waals surface area contributed by atoms with E-state index in [4.69, 9.17) is 0 Å². The summed E-state index contributed by atoms with van der Waals surface area (Å²) in [7, 11) is 1.38. The molecule has 1 aliphatic carbocycles. The third-order valence-electron chi connectivity index (χ3n) is 4.56. The van der Waals surface area contributed by atoms with E-state index in [1.54, 1.807) is 12.1 Å². The fourth-order valence-corrected chi connectivity index (χ4v) is 3.15. The number of ketones is 1. The number of fused-ring (bicyclic) bond motifs is 3. The fourth-order valence-electron chi connectivity index (χ4n) is 3.15. The molecule has 0 atom stereocenters. The summed E-state index contributed by atoms with van der Waals surface area (Å²) in [5.74, 6) is -0.435. The summed E-state index contributed by atoms with van der Waals surface area (Å²) >= 11 is 0. The van der Waals surface area contributed by atoms with Crippen molar-refractivity contribution in [1.82, 2.24) is 5.32 Å². The number of hydrogen-bond donors (Lipinski definition) is 1. The maximum Gasteiger partial charge on any atom is 0.305 e. The van der Waals surface area contributed by atoms with Crippen molar-refractivity contribution < 1.29 is 19.1 Å². The monoisotopic (exact) mass is 351 g/mol. The quantitative estimate of drug-likeness (QED) is 0.523. The van der Waals surface area contributed by atoms with Crippen molar-refractivity contribution in [1.29, 1.82) is 0 Å². The molecule has 5 nitrogen and oxygen atoms in total. The Hall–Kier alpha value is -2.95. The molecule has 0 unspecified atom stereocenters. The number of benzene rings is 2. The minimum absolute atomic E-state index is 0.0342. The molecule has 0 saturated heterocycles. The largest absolute Gasteiger partial charge is 0.469 e. The highest BCUT2D eigenvalue weighted by atomic mass is 16.5. The van der Waals surface area contributed by atoms with Crippen molar-refractivity contribution in [3.63, 3.8) is 0 Å². The minimum Gasteiger partial charge on any atom is -0.469 e. The van der Waals surface area contributed by atoms with Gasteiger partial charge in [-0.25, -0.2) is 0 Å². The molecule has 1 amide bonds. The van der Waals surface area contributed by atoms with Crippen LogP contribution in [0.2, 0.25) is 0 Å². The van der Waals surface area contributed by atoms with Crippen molar-refractivity contribution in [2.45, 2.75) is 25.7 Å². The van der Waals surface area contributed by atoms with Gasteiger partial charge in [0.05, 0.1) is 7.11 Å². The molecule has 1 aliphatic rings. The van der Waals surface area contributed by atoms with Crippen LogP contribution in [0.25, 0.3) is 11.1 Å². The molecule has 3 rings (SSSR count). The number of unbranched alkanes of at least 4 members (excludes halogenated alkanes) is 2. The molecule has 0 aromatic heterocycles. The standard InChI is InChI=1S/C21H21NO4/c1-26-19(23)9-3-2-6-12-22-21(25)14-10-11-16-15-7-4-5-8-17(15)20(24)18(16)13-14/h4-5,7-8,10-11,13H,2-3,6,9,12H2,1H3,(H,22,25). The topological polar surface area (TPSA) is 72.5 Å². The SMILES string of the molecule is COC(=O)CCCCCNC(=O)c1ccc2c(c1)C(=O)c1ccccc1-2. The van der Waals surface area contributed by atoms with Crippen molar-refractivity contribution in [2.24, 2.45) is 0 Å². The van der Waals surface area contributed by atoms with E-state index in [2.05, 4.69) is 10.1 Å². The van der Waals surface area contributed by atoms with E-state index in [1.807, 2.05) is 30.3 Å². The van der Waals surface area contributed by atoms with Crippen molar-refractivity contribution in [2.75, 3.05) is 13.7 Å². The predicted octanol–water partition coefficient (Wildman–Crippen LogP) is 3.36. The Kier molecular flexibility index (Phi) is 5.46. The maximum atomic E-state index is 12.5. The second-order valence-electron chi connectivity index (χ2n) is 6.28. The lowest BCUT2D eigenvalue weighted by Crippen LogP contribution is -2.24. The summed E-state index contributed by atoms with van der Waals surface area (Å²) in [4.78, 5) is 35.8. The molecule has 0 fully saturated rings. The van der Waals surface area contributed by atoms with Crippen molar-refractivity contribution in [3.05, 3.63) is 59.2 Å². The van der Waals surface area contributed by atoms with E-state index >= 15 is 0 Å². The van der Waals surface area contributed by atoms with Crippen LogP contribution in [0.5, 0.6) is 0 Å². The van der Waals surface area contributed by atoms with Gasteiger partial charge in [-0.3, -0.25) is 14.4 Å². The van der Waals surface area contributed by atoms with Gasteiger partial charge in [-0.1, -0.05) is 36.8 Å². The van der Waals surface area contributed by atoms with E-state index in [0.29, 0.717) is 29.7 Å². The number of carbonyl (C=O) groups excluding carboxylic acids is 3. The highest BCUT2D eigenvalue weighted by Crippen LogP contribution is 2.36. The molecule has 0 spiro atoms. The van der Waals surface area contributed by atoms with Crippen molar-refractivity contribution >= 4 is 17.7 Å². The Balaban J connectivity index is 1.56. The number of nitrogens with one attached hydrogen (secondary N) is 1. The third-order valence-corrected chi connectivity index (χ3v) is 4.56.